The van der Waals surface area contributed by atoms with Crippen molar-refractivity contribution < 1.29 is 0 Å². The number of rotatable bonds is 2. The second-order valence-corrected chi connectivity index (χ2v) is 5.96. The maximum atomic E-state index is 3.60. The lowest BCUT2D eigenvalue weighted by atomic mass is 10.1. The smallest absolute Gasteiger partial charge is 0.0988 e. The fourth-order valence-corrected chi connectivity index (χ4v) is 4.28. The van der Waals surface area contributed by atoms with Crippen molar-refractivity contribution in [2.24, 2.45) is 5.92 Å². The van der Waals surface area contributed by atoms with Crippen molar-refractivity contribution in [1.82, 2.24) is 0 Å². The number of hydrogen-bond donors (Lipinski definition) is 0. The summed E-state index contributed by atoms with van der Waals surface area (Å²) in [5, 5.41) is 0. The highest BCUT2D eigenvalue weighted by molar-refractivity contribution is 9.23. The third-order valence-corrected chi connectivity index (χ3v) is 4.40. The lowest BCUT2D eigenvalue weighted by Crippen LogP contribution is -1.92. The molecule has 0 saturated heterocycles. The molecule has 0 aliphatic heterocycles. The molecule has 0 aromatic heterocycles. The monoisotopic (exact) mass is 192 g/mol. The predicted octanol–water partition coefficient (Wildman–Crippen LogP) is 2.07. The quantitative estimate of drug-likeness (QED) is 0.465. The minimum Gasteiger partial charge on any atom is -0.135 e. The summed E-state index contributed by atoms with van der Waals surface area (Å²) in [6.45, 7) is 0. The van der Waals surface area contributed by atoms with Gasteiger partial charge in [-0.05, 0) is 5.92 Å². The molecule has 0 nitrogen and oxygen atoms in total. The Balaban J connectivity index is 2.06. The third kappa shape index (κ3) is 1.90. The Morgan fingerprint density at radius 1 is 1.38 bits per heavy atom. The zero-order valence-electron chi connectivity index (χ0n) is 5.20. The van der Waals surface area contributed by atoms with Crippen LogP contribution in [0.25, 0.3) is 0 Å². The first-order chi connectivity index (χ1) is 3.93. The van der Waals surface area contributed by atoms with Crippen molar-refractivity contribution in [3.8, 4) is 0 Å². The van der Waals surface area contributed by atoms with Gasteiger partial charge in [-0.15, -0.1) is 15.3 Å². The van der Waals surface area contributed by atoms with E-state index < -0.39 is 0 Å². The molecule has 1 aliphatic carbocycles. The van der Waals surface area contributed by atoms with Crippen molar-refractivity contribution >= 4 is 23.4 Å². The van der Waals surface area contributed by atoms with Gasteiger partial charge in [0, 0.05) is 0 Å². The van der Waals surface area contributed by atoms with Crippen molar-refractivity contribution in [1.29, 1.82) is 0 Å². The number of halogens is 1. The Labute approximate surface area is 61.4 Å². The lowest BCUT2D eigenvalue weighted by molar-refractivity contribution is 0.611. The molecular weight excluding hydrogens is 180 g/mol. The zero-order chi connectivity index (χ0) is 5.82. The van der Waals surface area contributed by atoms with Gasteiger partial charge in [0.05, 0.1) is 8.14 Å². The molecule has 1 aliphatic rings. The SMILES string of the molecule is Br[SiH2]CC1CCCC1. The molecule has 1 fully saturated rings. The van der Waals surface area contributed by atoms with Crippen molar-refractivity contribution in [2.75, 3.05) is 0 Å². The summed E-state index contributed by atoms with van der Waals surface area (Å²) in [4.78, 5) is 0. The van der Waals surface area contributed by atoms with E-state index in [0.29, 0.717) is 0 Å². The fraction of sp³-hybridized carbons (Fsp3) is 1.00. The minimum absolute atomic E-state index is 0.197. The van der Waals surface area contributed by atoms with Gasteiger partial charge in [0.1, 0.15) is 0 Å². The average Bonchev–Trinajstić information content (AvgIpc) is 2.19. The molecule has 1 rings (SSSR count). The Bertz CT molecular complexity index is 59.5. The first kappa shape index (κ1) is 6.81. The lowest BCUT2D eigenvalue weighted by Gasteiger charge is -2.02. The van der Waals surface area contributed by atoms with E-state index in [4.69, 9.17) is 0 Å². The van der Waals surface area contributed by atoms with E-state index in [0.717, 1.165) is 5.92 Å². The Morgan fingerprint density at radius 3 is 2.50 bits per heavy atom. The molecule has 0 N–H and O–H groups in total. The zero-order valence-corrected chi connectivity index (χ0v) is 8.20. The highest BCUT2D eigenvalue weighted by Crippen LogP contribution is 2.27. The van der Waals surface area contributed by atoms with E-state index in [9.17, 15) is 0 Å². The molecule has 1 saturated carbocycles. The molecule has 0 spiro atoms. The molecule has 0 aromatic carbocycles. The Hall–Kier alpha value is 0.697. The van der Waals surface area contributed by atoms with E-state index in [-0.39, 0.29) is 8.14 Å². The van der Waals surface area contributed by atoms with Crippen LogP contribution in [0, 0.1) is 5.92 Å². The molecule has 0 bridgehead atoms. The normalized spacial score (nSPS) is 23.6. The molecule has 0 heterocycles. The summed E-state index contributed by atoms with van der Waals surface area (Å²) in [6.07, 6.45) is 6.06. The Kier molecular flexibility index (Phi) is 3.13. The van der Waals surface area contributed by atoms with Gasteiger partial charge < -0.3 is 0 Å². The van der Waals surface area contributed by atoms with Gasteiger partial charge in [-0.25, -0.2) is 0 Å². The largest absolute Gasteiger partial charge is 0.135 e. The predicted molar refractivity (Wildman–Crippen MR) is 44.2 cm³/mol. The van der Waals surface area contributed by atoms with Crippen LogP contribution in [0.5, 0.6) is 0 Å². The van der Waals surface area contributed by atoms with Crippen LogP contribution in [0.15, 0.2) is 0 Å². The highest BCUT2D eigenvalue weighted by Gasteiger charge is 2.13. The standard InChI is InChI=1S/C6H13BrSi/c7-8-5-6-3-1-2-4-6/h6H,1-5,8H2. The average molecular weight is 193 g/mol. The molecular formula is C6H13BrSi. The summed E-state index contributed by atoms with van der Waals surface area (Å²) in [5.41, 5.74) is 0. The summed E-state index contributed by atoms with van der Waals surface area (Å²) >= 11 is 3.60. The van der Waals surface area contributed by atoms with Crippen LogP contribution in [0.2, 0.25) is 6.04 Å². The second kappa shape index (κ2) is 3.67. The van der Waals surface area contributed by atoms with Gasteiger partial charge in [0.2, 0.25) is 0 Å². The first-order valence-corrected chi connectivity index (χ1v) is 8.39. The molecule has 48 valence electrons. The van der Waals surface area contributed by atoms with Crippen LogP contribution in [-0.2, 0) is 0 Å². The fourth-order valence-electron chi connectivity index (χ4n) is 1.45. The van der Waals surface area contributed by atoms with Crippen LogP contribution in [0.1, 0.15) is 25.7 Å². The molecule has 8 heavy (non-hydrogen) atoms. The van der Waals surface area contributed by atoms with Crippen molar-refractivity contribution in [3.63, 3.8) is 0 Å². The van der Waals surface area contributed by atoms with E-state index in [1.807, 2.05) is 0 Å². The van der Waals surface area contributed by atoms with Gasteiger partial charge in [-0.3, -0.25) is 0 Å². The minimum atomic E-state index is 0.197. The van der Waals surface area contributed by atoms with E-state index >= 15 is 0 Å². The van der Waals surface area contributed by atoms with Crippen LogP contribution in [-0.4, -0.2) is 8.14 Å². The Morgan fingerprint density at radius 2 is 2.00 bits per heavy atom. The van der Waals surface area contributed by atoms with Crippen molar-refractivity contribution in [2.45, 2.75) is 31.7 Å². The number of hydrogen-bond acceptors (Lipinski definition) is 0. The van der Waals surface area contributed by atoms with Gasteiger partial charge in [-0.1, -0.05) is 31.7 Å². The maximum Gasteiger partial charge on any atom is 0.0988 e. The van der Waals surface area contributed by atoms with Crippen LogP contribution in [0.3, 0.4) is 0 Å². The maximum absolute atomic E-state index is 3.60. The summed E-state index contributed by atoms with van der Waals surface area (Å²) < 4.78 is 0. The van der Waals surface area contributed by atoms with E-state index in [2.05, 4.69) is 15.3 Å². The van der Waals surface area contributed by atoms with Crippen LogP contribution < -0.4 is 0 Å². The van der Waals surface area contributed by atoms with Gasteiger partial charge in [0.15, 0.2) is 0 Å². The van der Waals surface area contributed by atoms with Gasteiger partial charge in [-0.2, -0.15) is 0 Å². The molecule has 2 heteroatoms. The third-order valence-electron chi connectivity index (χ3n) is 1.99. The van der Waals surface area contributed by atoms with Crippen LogP contribution >= 0.6 is 15.3 Å². The van der Waals surface area contributed by atoms with Crippen molar-refractivity contribution in [3.05, 3.63) is 0 Å². The highest BCUT2D eigenvalue weighted by atomic mass is 79.9. The van der Waals surface area contributed by atoms with E-state index in [1.54, 1.807) is 6.04 Å². The second-order valence-electron chi connectivity index (χ2n) is 2.63. The molecule has 0 aromatic rings. The summed E-state index contributed by atoms with van der Waals surface area (Å²) in [6, 6.07) is 1.54. The summed E-state index contributed by atoms with van der Waals surface area (Å²) in [7, 11) is 0.197. The van der Waals surface area contributed by atoms with Gasteiger partial charge in [0.25, 0.3) is 0 Å². The first-order valence-electron chi connectivity index (χ1n) is 3.49. The summed E-state index contributed by atoms with van der Waals surface area (Å²) in [5.74, 6) is 1.13. The van der Waals surface area contributed by atoms with E-state index in [1.165, 1.54) is 25.7 Å². The molecule has 0 radical (unpaired) electrons. The molecule has 0 atom stereocenters. The van der Waals surface area contributed by atoms with Crippen LogP contribution in [0.4, 0.5) is 0 Å². The molecule has 0 unspecified atom stereocenters. The van der Waals surface area contributed by atoms with Gasteiger partial charge >= 0.3 is 0 Å². The topological polar surface area (TPSA) is 0 Å². The molecule has 0 amide bonds.